The highest BCUT2D eigenvalue weighted by molar-refractivity contribution is 7.99. The van der Waals surface area contributed by atoms with Gasteiger partial charge in [0.15, 0.2) is 5.13 Å². The summed E-state index contributed by atoms with van der Waals surface area (Å²) in [5, 5.41) is 10.4. The number of carbonyl (C=O) groups excluding carboxylic acids is 3. The molecule has 1 fully saturated rings. The Bertz CT molecular complexity index is 1400. The zero-order valence-electron chi connectivity index (χ0n) is 20.6. The van der Waals surface area contributed by atoms with Gasteiger partial charge in [-0.25, -0.2) is 13.4 Å². The van der Waals surface area contributed by atoms with Crippen LogP contribution in [0, 0.1) is 0 Å². The number of nitrogens with one attached hydrogen (secondary N) is 3. The summed E-state index contributed by atoms with van der Waals surface area (Å²) < 4.78 is 26.8. The molecule has 0 spiro atoms. The molecule has 0 bridgehead atoms. The summed E-state index contributed by atoms with van der Waals surface area (Å²) in [5.74, 6) is 0.000222. The van der Waals surface area contributed by atoms with E-state index in [2.05, 4.69) is 20.9 Å². The molecule has 3 N–H and O–H groups in total. The fourth-order valence-electron chi connectivity index (χ4n) is 3.74. The van der Waals surface area contributed by atoms with Crippen molar-refractivity contribution in [2.24, 2.45) is 0 Å². The highest BCUT2D eigenvalue weighted by Gasteiger charge is 2.27. The van der Waals surface area contributed by atoms with Gasteiger partial charge in [0.05, 0.1) is 16.3 Å². The molecular weight excluding hydrogens is 547 g/mol. The van der Waals surface area contributed by atoms with E-state index in [0.29, 0.717) is 40.9 Å². The molecule has 4 rings (SSSR count). The van der Waals surface area contributed by atoms with Crippen LogP contribution in [0.4, 0.5) is 16.5 Å². The molecule has 13 heteroatoms. The van der Waals surface area contributed by atoms with E-state index in [0.717, 1.165) is 18.5 Å². The van der Waals surface area contributed by atoms with Crippen LogP contribution in [-0.4, -0.2) is 54.3 Å². The van der Waals surface area contributed by atoms with Gasteiger partial charge in [-0.15, -0.1) is 23.1 Å². The third kappa shape index (κ3) is 7.40. The normalized spacial score (nSPS) is 13.7. The molecule has 0 radical (unpaired) electrons. The number of thioether (sulfide) groups is 1. The van der Waals surface area contributed by atoms with Crippen LogP contribution < -0.4 is 16.0 Å². The average molecular weight is 574 g/mol. The van der Waals surface area contributed by atoms with Gasteiger partial charge in [0, 0.05) is 48.1 Å². The maximum absolute atomic E-state index is 12.7. The smallest absolute Gasteiger partial charge is 0.257 e. The lowest BCUT2D eigenvalue weighted by Crippen LogP contribution is -2.27. The number of thiazole rings is 1. The molecular formula is C25H27N5O5S3. The lowest BCUT2D eigenvalue weighted by Gasteiger charge is -2.15. The van der Waals surface area contributed by atoms with Crippen LogP contribution in [0.5, 0.6) is 0 Å². The molecule has 3 amide bonds. The van der Waals surface area contributed by atoms with Gasteiger partial charge in [-0.3, -0.25) is 19.7 Å². The molecule has 2 heterocycles. The molecule has 0 saturated carbocycles. The van der Waals surface area contributed by atoms with Crippen LogP contribution in [0.1, 0.15) is 35.8 Å². The first-order valence-electron chi connectivity index (χ1n) is 11.8. The third-order valence-corrected chi connectivity index (χ3v) is 9.25. The molecule has 1 aromatic heterocycles. The maximum Gasteiger partial charge on any atom is 0.257 e. The van der Waals surface area contributed by atoms with Crippen molar-refractivity contribution < 1.29 is 22.8 Å². The Labute approximate surface area is 229 Å². The summed E-state index contributed by atoms with van der Waals surface area (Å²) in [7, 11) is -3.53. The van der Waals surface area contributed by atoms with Gasteiger partial charge in [-0.1, -0.05) is 0 Å². The minimum absolute atomic E-state index is 0.164. The first kappa shape index (κ1) is 27.8. The molecule has 2 aromatic carbocycles. The van der Waals surface area contributed by atoms with E-state index in [-0.39, 0.29) is 28.4 Å². The minimum atomic E-state index is -3.53. The maximum atomic E-state index is 12.7. The van der Waals surface area contributed by atoms with Gasteiger partial charge in [0.1, 0.15) is 0 Å². The van der Waals surface area contributed by atoms with Crippen LogP contribution in [0.25, 0.3) is 0 Å². The Morgan fingerprint density at radius 2 is 1.58 bits per heavy atom. The number of aromatic nitrogens is 1. The summed E-state index contributed by atoms with van der Waals surface area (Å²) in [6.45, 7) is 2.47. The molecule has 1 aliphatic heterocycles. The second-order valence-corrected chi connectivity index (χ2v) is 12.3. The Kier molecular flexibility index (Phi) is 9.15. The highest BCUT2D eigenvalue weighted by atomic mass is 32.2. The van der Waals surface area contributed by atoms with Gasteiger partial charge in [-0.2, -0.15) is 4.31 Å². The van der Waals surface area contributed by atoms with Crippen molar-refractivity contribution in [3.63, 3.8) is 0 Å². The second kappa shape index (κ2) is 12.5. The molecule has 1 aliphatic rings. The number of sulfonamides is 1. The standard InChI is InChI=1S/C25H27N5O5S3/c1-17(31)26-19-6-8-20(9-7-19)27-23(32)16-36-14-21-15-37-25(28-21)29-24(33)18-4-10-22(11-5-18)38(34,35)30-12-2-3-13-30/h4-11,15H,2-3,12-14,16H2,1H3,(H,26,31)(H,27,32)(H,28,29,33). The summed E-state index contributed by atoms with van der Waals surface area (Å²) in [6, 6.07) is 12.7. The highest BCUT2D eigenvalue weighted by Crippen LogP contribution is 2.23. The van der Waals surface area contributed by atoms with Gasteiger partial charge in [0.25, 0.3) is 5.91 Å². The Balaban J connectivity index is 1.22. The van der Waals surface area contributed by atoms with Crippen molar-refractivity contribution in [3.05, 3.63) is 65.2 Å². The summed E-state index contributed by atoms with van der Waals surface area (Å²) in [5.41, 5.74) is 2.34. The van der Waals surface area contributed by atoms with Crippen molar-refractivity contribution in [2.75, 3.05) is 34.8 Å². The van der Waals surface area contributed by atoms with E-state index in [1.807, 2.05) is 5.38 Å². The molecule has 0 unspecified atom stereocenters. The molecule has 3 aromatic rings. The van der Waals surface area contributed by atoms with Crippen LogP contribution >= 0.6 is 23.1 Å². The fourth-order valence-corrected chi connectivity index (χ4v) is 6.79. The lowest BCUT2D eigenvalue weighted by atomic mass is 10.2. The largest absolute Gasteiger partial charge is 0.326 e. The number of anilines is 3. The quantitative estimate of drug-likeness (QED) is 0.333. The van der Waals surface area contributed by atoms with Crippen LogP contribution in [-0.2, 0) is 25.4 Å². The molecule has 0 aliphatic carbocycles. The fraction of sp³-hybridized carbons (Fsp3) is 0.280. The zero-order chi connectivity index (χ0) is 27.1. The zero-order valence-corrected chi connectivity index (χ0v) is 23.0. The number of carbonyl (C=O) groups is 3. The first-order valence-corrected chi connectivity index (χ1v) is 15.3. The van der Waals surface area contributed by atoms with Crippen molar-refractivity contribution in [2.45, 2.75) is 30.4 Å². The van der Waals surface area contributed by atoms with Gasteiger partial charge >= 0.3 is 0 Å². The van der Waals surface area contributed by atoms with E-state index in [1.54, 1.807) is 24.3 Å². The SMILES string of the molecule is CC(=O)Nc1ccc(NC(=O)CSCc2csc(NC(=O)c3ccc(S(=O)(=O)N4CCCC4)cc3)n2)cc1. The van der Waals surface area contributed by atoms with E-state index < -0.39 is 10.0 Å². The van der Waals surface area contributed by atoms with Crippen molar-refractivity contribution in [1.82, 2.24) is 9.29 Å². The molecule has 0 atom stereocenters. The number of rotatable bonds is 10. The van der Waals surface area contributed by atoms with Crippen LogP contribution in [0.3, 0.4) is 0 Å². The van der Waals surface area contributed by atoms with Gasteiger partial charge < -0.3 is 10.6 Å². The predicted molar refractivity (Wildman–Crippen MR) is 150 cm³/mol. The lowest BCUT2D eigenvalue weighted by molar-refractivity contribution is -0.114. The number of hydrogen-bond acceptors (Lipinski definition) is 8. The van der Waals surface area contributed by atoms with Gasteiger partial charge in [0.2, 0.25) is 21.8 Å². The van der Waals surface area contributed by atoms with E-state index >= 15 is 0 Å². The minimum Gasteiger partial charge on any atom is -0.326 e. The molecule has 200 valence electrons. The predicted octanol–water partition coefficient (Wildman–Crippen LogP) is 4.01. The van der Waals surface area contributed by atoms with E-state index in [4.69, 9.17) is 0 Å². The molecule has 10 nitrogen and oxygen atoms in total. The van der Waals surface area contributed by atoms with Crippen LogP contribution in [0.2, 0.25) is 0 Å². The summed E-state index contributed by atoms with van der Waals surface area (Å²) in [4.78, 5) is 40.5. The number of amides is 3. The van der Waals surface area contributed by atoms with Crippen molar-refractivity contribution >= 4 is 67.3 Å². The molecule has 38 heavy (non-hydrogen) atoms. The Hall–Kier alpha value is -3.26. The number of nitrogens with zero attached hydrogens (tertiary/aromatic N) is 2. The van der Waals surface area contributed by atoms with E-state index in [9.17, 15) is 22.8 Å². The second-order valence-electron chi connectivity index (χ2n) is 8.53. The van der Waals surface area contributed by atoms with E-state index in [1.165, 1.54) is 58.6 Å². The van der Waals surface area contributed by atoms with Crippen molar-refractivity contribution in [3.8, 4) is 0 Å². The van der Waals surface area contributed by atoms with Crippen molar-refractivity contribution in [1.29, 1.82) is 0 Å². The third-order valence-electron chi connectivity index (χ3n) is 5.56. The number of hydrogen-bond donors (Lipinski definition) is 3. The first-order chi connectivity index (χ1) is 18.2. The topological polar surface area (TPSA) is 138 Å². The Morgan fingerprint density at radius 3 is 2.21 bits per heavy atom. The summed E-state index contributed by atoms with van der Waals surface area (Å²) in [6.07, 6.45) is 1.72. The average Bonchev–Trinajstić information content (AvgIpc) is 3.58. The Morgan fingerprint density at radius 1 is 0.947 bits per heavy atom. The van der Waals surface area contributed by atoms with Crippen LogP contribution in [0.15, 0.2) is 58.8 Å². The molecule has 1 saturated heterocycles. The van der Waals surface area contributed by atoms with Gasteiger partial charge in [-0.05, 0) is 61.4 Å². The monoisotopic (exact) mass is 573 g/mol. The number of benzene rings is 2. The summed E-state index contributed by atoms with van der Waals surface area (Å²) >= 11 is 2.66.